The molecule has 0 saturated heterocycles. The third-order valence-corrected chi connectivity index (χ3v) is 5.15. The van der Waals surface area contributed by atoms with Gasteiger partial charge in [-0.1, -0.05) is 66.7 Å². The van der Waals surface area contributed by atoms with Gasteiger partial charge in [0.05, 0.1) is 23.6 Å². The summed E-state index contributed by atoms with van der Waals surface area (Å²) in [5.74, 6) is -0.120. The highest BCUT2D eigenvalue weighted by Gasteiger charge is 2.15. The molecular formula is C24H17N3O2. The molecule has 5 nitrogen and oxygen atoms in total. The molecule has 2 aromatic heterocycles. The Bertz CT molecular complexity index is 1400. The number of hydrogen-bond donors (Lipinski definition) is 0. The second-order valence-electron chi connectivity index (χ2n) is 6.90. The van der Waals surface area contributed by atoms with Crippen LogP contribution in [0.15, 0.2) is 96.2 Å². The number of ketones is 1. The summed E-state index contributed by atoms with van der Waals surface area (Å²) in [6.45, 7) is -0.0382. The molecule has 0 spiro atoms. The first kappa shape index (κ1) is 17.1. The molecule has 140 valence electrons. The SMILES string of the molecule is O=C(Cn1c(=O)c2ccccc2n2cncc12)c1ccc(-c2ccccc2)cc1. The highest BCUT2D eigenvalue weighted by atomic mass is 16.1. The van der Waals surface area contributed by atoms with Crippen LogP contribution in [0, 0.1) is 0 Å². The molecule has 0 fully saturated rings. The van der Waals surface area contributed by atoms with Crippen LogP contribution in [0.1, 0.15) is 10.4 Å². The number of imidazole rings is 1. The van der Waals surface area contributed by atoms with E-state index < -0.39 is 0 Å². The zero-order valence-corrected chi connectivity index (χ0v) is 15.5. The fourth-order valence-electron chi connectivity index (χ4n) is 3.65. The maximum atomic E-state index is 13.0. The van der Waals surface area contributed by atoms with E-state index >= 15 is 0 Å². The van der Waals surface area contributed by atoms with Crippen LogP contribution in [0.3, 0.4) is 0 Å². The summed E-state index contributed by atoms with van der Waals surface area (Å²) in [6.07, 6.45) is 3.27. The minimum atomic E-state index is -0.192. The summed E-state index contributed by atoms with van der Waals surface area (Å²) < 4.78 is 3.32. The standard InChI is InChI=1S/C24H17N3O2/c28-22(19-12-10-18(11-13-19)17-6-2-1-3-7-17)15-26-23-14-25-16-27(23)21-9-5-4-8-20(21)24(26)29/h1-14,16H,15H2. The molecule has 0 aliphatic carbocycles. The number of carbonyl (C=O) groups excluding carboxylic acids is 1. The van der Waals surface area contributed by atoms with Crippen LogP contribution >= 0.6 is 0 Å². The Kier molecular flexibility index (Phi) is 4.06. The molecule has 0 radical (unpaired) electrons. The summed E-state index contributed by atoms with van der Waals surface area (Å²) in [7, 11) is 0. The van der Waals surface area contributed by atoms with Gasteiger partial charge in [-0.2, -0.15) is 0 Å². The van der Waals surface area contributed by atoms with Gasteiger partial charge in [0.25, 0.3) is 5.56 Å². The Labute approximate surface area is 166 Å². The number of fused-ring (bicyclic) bond motifs is 3. The predicted octanol–water partition coefficient (Wildman–Crippen LogP) is 4.20. The average Bonchev–Trinajstić information content (AvgIpc) is 3.27. The van der Waals surface area contributed by atoms with Crippen molar-refractivity contribution in [3.05, 3.63) is 107 Å². The lowest BCUT2D eigenvalue weighted by Gasteiger charge is -2.11. The summed E-state index contributed by atoms with van der Waals surface area (Å²) in [6, 6.07) is 24.8. The summed E-state index contributed by atoms with van der Waals surface area (Å²) in [4.78, 5) is 30.1. The van der Waals surface area contributed by atoms with Gasteiger partial charge in [-0.25, -0.2) is 4.98 Å². The van der Waals surface area contributed by atoms with Crippen LogP contribution in [0.4, 0.5) is 0 Å². The number of para-hydroxylation sites is 1. The largest absolute Gasteiger partial charge is 0.292 e. The van der Waals surface area contributed by atoms with E-state index in [9.17, 15) is 9.59 Å². The van der Waals surface area contributed by atoms with E-state index in [4.69, 9.17) is 0 Å². The first-order valence-corrected chi connectivity index (χ1v) is 9.35. The van der Waals surface area contributed by atoms with Gasteiger partial charge < -0.3 is 0 Å². The third kappa shape index (κ3) is 2.93. The van der Waals surface area contributed by atoms with E-state index in [0.717, 1.165) is 16.6 Å². The van der Waals surface area contributed by atoms with Crippen LogP contribution in [0.5, 0.6) is 0 Å². The smallest absolute Gasteiger partial charge is 0.262 e. The molecular weight excluding hydrogens is 362 g/mol. The molecule has 0 aliphatic rings. The highest BCUT2D eigenvalue weighted by molar-refractivity contribution is 5.97. The van der Waals surface area contributed by atoms with Crippen molar-refractivity contribution < 1.29 is 4.79 Å². The number of rotatable bonds is 4. The Balaban J connectivity index is 1.52. The second kappa shape index (κ2) is 6.87. The van der Waals surface area contributed by atoms with Crippen molar-refractivity contribution in [1.82, 2.24) is 14.0 Å². The van der Waals surface area contributed by atoms with Gasteiger partial charge >= 0.3 is 0 Å². The quantitative estimate of drug-likeness (QED) is 0.440. The number of benzene rings is 3. The first-order valence-electron chi connectivity index (χ1n) is 9.35. The van der Waals surface area contributed by atoms with Crippen LogP contribution in [0.2, 0.25) is 0 Å². The van der Waals surface area contributed by atoms with Crippen LogP contribution < -0.4 is 5.56 Å². The molecule has 0 N–H and O–H groups in total. The number of nitrogens with zero attached hydrogens (tertiary/aromatic N) is 3. The Morgan fingerprint density at radius 1 is 0.828 bits per heavy atom. The Hall–Kier alpha value is -3.99. The fourth-order valence-corrected chi connectivity index (χ4v) is 3.65. The van der Waals surface area contributed by atoms with E-state index in [1.807, 2.05) is 77.2 Å². The number of Topliss-reactive ketones (excluding diaryl/α,β-unsaturated/α-hetero) is 1. The van der Waals surface area contributed by atoms with Gasteiger partial charge in [0.15, 0.2) is 5.78 Å². The van der Waals surface area contributed by atoms with E-state index in [-0.39, 0.29) is 17.9 Å². The lowest BCUT2D eigenvalue weighted by molar-refractivity contribution is 0.0972. The van der Waals surface area contributed by atoms with Crippen LogP contribution in [-0.2, 0) is 6.54 Å². The number of hydrogen-bond acceptors (Lipinski definition) is 3. The average molecular weight is 379 g/mol. The van der Waals surface area contributed by atoms with Crippen molar-refractivity contribution in [2.75, 3.05) is 0 Å². The molecule has 0 saturated carbocycles. The van der Waals surface area contributed by atoms with Crippen molar-refractivity contribution in [3.8, 4) is 11.1 Å². The highest BCUT2D eigenvalue weighted by Crippen LogP contribution is 2.20. The second-order valence-corrected chi connectivity index (χ2v) is 6.90. The lowest BCUT2D eigenvalue weighted by atomic mass is 10.0. The monoisotopic (exact) mass is 379 g/mol. The topological polar surface area (TPSA) is 56.4 Å². The summed E-state index contributed by atoms with van der Waals surface area (Å²) >= 11 is 0. The van der Waals surface area contributed by atoms with E-state index in [1.165, 1.54) is 4.57 Å². The van der Waals surface area contributed by atoms with E-state index in [0.29, 0.717) is 16.6 Å². The Morgan fingerprint density at radius 3 is 2.31 bits per heavy atom. The maximum absolute atomic E-state index is 13.0. The van der Waals surface area contributed by atoms with Crippen LogP contribution in [-0.4, -0.2) is 19.7 Å². The number of carbonyl (C=O) groups is 1. The lowest BCUT2D eigenvalue weighted by Crippen LogP contribution is -2.26. The molecule has 0 aliphatic heterocycles. The third-order valence-electron chi connectivity index (χ3n) is 5.15. The van der Waals surface area contributed by atoms with Crippen molar-refractivity contribution in [2.24, 2.45) is 0 Å². The van der Waals surface area contributed by atoms with Gasteiger partial charge in [0, 0.05) is 5.56 Å². The van der Waals surface area contributed by atoms with Crippen molar-refractivity contribution in [3.63, 3.8) is 0 Å². The maximum Gasteiger partial charge on any atom is 0.262 e. The predicted molar refractivity (Wildman–Crippen MR) is 113 cm³/mol. The van der Waals surface area contributed by atoms with E-state index in [1.54, 1.807) is 18.6 Å². The van der Waals surface area contributed by atoms with Gasteiger partial charge in [0.1, 0.15) is 12.0 Å². The minimum Gasteiger partial charge on any atom is -0.292 e. The van der Waals surface area contributed by atoms with Crippen molar-refractivity contribution in [1.29, 1.82) is 0 Å². The van der Waals surface area contributed by atoms with Gasteiger partial charge in [-0.3, -0.25) is 18.6 Å². The molecule has 5 aromatic rings. The first-order chi connectivity index (χ1) is 14.2. The fraction of sp³-hybridized carbons (Fsp3) is 0.0417. The normalized spacial score (nSPS) is 11.2. The van der Waals surface area contributed by atoms with E-state index in [2.05, 4.69) is 4.98 Å². The van der Waals surface area contributed by atoms with Gasteiger partial charge in [0.2, 0.25) is 0 Å². The molecule has 0 atom stereocenters. The molecule has 0 amide bonds. The van der Waals surface area contributed by atoms with Gasteiger partial charge in [-0.15, -0.1) is 0 Å². The zero-order valence-electron chi connectivity index (χ0n) is 15.5. The molecule has 0 unspecified atom stereocenters. The summed E-state index contributed by atoms with van der Waals surface area (Å²) in [5.41, 5.74) is 3.90. The van der Waals surface area contributed by atoms with Crippen LogP contribution in [0.25, 0.3) is 27.7 Å². The zero-order chi connectivity index (χ0) is 19.8. The van der Waals surface area contributed by atoms with Gasteiger partial charge in [-0.05, 0) is 23.3 Å². The Morgan fingerprint density at radius 2 is 1.52 bits per heavy atom. The van der Waals surface area contributed by atoms with Crippen molar-refractivity contribution >= 4 is 22.3 Å². The number of aromatic nitrogens is 3. The van der Waals surface area contributed by atoms with Crippen molar-refractivity contribution in [2.45, 2.75) is 6.54 Å². The molecule has 29 heavy (non-hydrogen) atoms. The minimum absolute atomic E-state index is 0.0382. The molecule has 3 aromatic carbocycles. The molecule has 2 heterocycles. The molecule has 0 bridgehead atoms. The molecule has 5 rings (SSSR count). The molecule has 5 heteroatoms. The summed E-state index contributed by atoms with van der Waals surface area (Å²) in [5, 5.41) is 0.560.